The van der Waals surface area contributed by atoms with Gasteiger partial charge in [0.2, 0.25) is 0 Å². The van der Waals surface area contributed by atoms with Gasteiger partial charge in [-0.05, 0) is 38.1 Å². The van der Waals surface area contributed by atoms with Crippen LogP contribution in [0.25, 0.3) is 0 Å². The summed E-state index contributed by atoms with van der Waals surface area (Å²) < 4.78 is 0. The fourth-order valence-corrected chi connectivity index (χ4v) is 2.67. The largest absolute Gasteiger partial charge is 0.359 e. The number of rotatable bonds is 4. The molecule has 0 radical (unpaired) electrons. The third-order valence-electron chi connectivity index (χ3n) is 3.51. The van der Waals surface area contributed by atoms with E-state index in [2.05, 4.69) is 28.9 Å². The van der Waals surface area contributed by atoms with E-state index < -0.39 is 0 Å². The third kappa shape index (κ3) is 3.13. The van der Waals surface area contributed by atoms with Crippen LogP contribution in [0.5, 0.6) is 0 Å². The third-order valence-corrected chi connectivity index (χ3v) is 3.85. The van der Waals surface area contributed by atoms with Crippen molar-refractivity contribution in [2.75, 3.05) is 38.6 Å². The maximum absolute atomic E-state index is 6.02. The lowest BCUT2D eigenvalue weighted by atomic mass is 10.1. The number of anilines is 1. The zero-order chi connectivity index (χ0) is 13.1. The summed E-state index contributed by atoms with van der Waals surface area (Å²) >= 11 is 6.02. The number of nitrogens with zero attached hydrogens (tertiary/aromatic N) is 3. The maximum atomic E-state index is 6.02. The molecule has 0 amide bonds. The molecule has 1 fully saturated rings. The Morgan fingerprint density at radius 3 is 2.94 bits per heavy atom. The molecule has 0 aromatic carbocycles. The van der Waals surface area contributed by atoms with Crippen molar-refractivity contribution in [1.82, 2.24) is 9.88 Å². The number of pyridine rings is 1. The highest BCUT2D eigenvalue weighted by Gasteiger charge is 2.21. The number of likely N-dealkylation sites (tertiary alicyclic amines) is 1. The minimum atomic E-state index is 0.382. The smallest absolute Gasteiger partial charge is 0.128 e. The molecular formula is C13H21ClN4. The van der Waals surface area contributed by atoms with E-state index in [1.165, 1.54) is 19.5 Å². The van der Waals surface area contributed by atoms with Crippen LogP contribution in [-0.2, 0) is 6.54 Å². The van der Waals surface area contributed by atoms with Crippen LogP contribution in [0.15, 0.2) is 12.1 Å². The van der Waals surface area contributed by atoms with E-state index in [1.54, 1.807) is 0 Å². The van der Waals surface area contributed by atoms with E-state index >= 15 is 0 Å². The summed E-state index contributed by atoms with van der Waals surface area (Å²) in [5.41, 5.74) is 6.40. The van der Waals surface area contributed by atoms with Gasteiger partial charge in [-0.15, -0.1) is 0 Å². The molecule has 1 aromatic heterocycles. The molecule has 0 spiro atoms. The fourth-order valence-electron chi connectivity index (χ4n) is 2.48. The van der Waals surface area contributed by atoms with Gasteiger partial charge in [0.25, 0.3) is 0 Å². The number of halogens is 1. The van der Waals surface area contributed by atoms with Crippen LogP contribution in [0.2, 0.25) is 5.02 Å². The predicted octanol–water partition coefficient (Wildman–Crippen LogP) is 1.58. The van der Waals surface area contributed by atoms with Gasteiger partial charge < -0.3 is 15.5 Å². The lowest BCUT2D eigenvalue weighted by Gasteiger charge is -2.22. The molecule has 1 saturated heterocycles. The molecule has 4 nitrogen and oxygen atoms in total. The molecule has 0 bridgehead atoms. The molecule has 1 aromatic rings. The highest BCUT2D eigenvalue weighted by atomic mass is 35.5. The lowest BCUT2D eigenvalue weighted by molar-refractivity contribution is 0.395. The van der Waals surface area contributed by atoms with Crippen LogP contribution >= 0.6 is 11.6 Å². The summed E-state index contributed by atoms with van der Waals surface area (Å²) in [7, 11) is 4.25. The van der Waals surface area contributed by atoms with Crippen molar-refractivity contribution in [2.24, 2.45) is 11.7 Å². The Morgan fingerprint density at radius 1 is 1.56 bits per heavy atom. The van der Waals surface area contributed by atoms with Gasteiger partial charge in [-0.25, -0.2) is 4.98 Å². The van der Waals surface area contributed by atoms with Gasteiger partial charge >= 0.3 is 0 Å². The van der Waals surface area contributed by atoms with Gasteiger partial charge in [-0.1, -0.05) is 11.6 Å². The molecule has 2 heterocycles. The topological polar surface area (TPSA) is 45.4 Å². The Morgan fingerprint density at radius 2 is 2.33 bits per heavy atom. The van der Waals surface area contributed by atoms with E-state index in [-0.39, 0.29) is 0 Å². The highest BCUT2D eigenvalue weighted by Crippen LogP contribution is 2.21. The number of hydrogen-bond donors (Lipinski definition) is 1. The first kappa shape index (κ1) is 13.6. The van der Waals surface area contributed by atoms with E-state index in [0.29, 0.717) is 11.6 Å². The van der Waals surface area contributed by atoms with Gasteiger partial charge in [0.1, 0.15) is 5.82 Å². The quantitative estimate of drug-likeness (QED) is 0.901. The Labute approximate surface area is 114 Å². The summed E-state index contributed by atoms with van der Waals surface area (Å²) in [6, 6.07) is 3.84. The molecule has 18 heavy (non-hydrogen) atoms. The molecule has 2 rings (SSSR count). The minimum absolute atomic E-state index is 0.382. The van der Waals surface area contributed by atoms with Crippen LogP contribution in [0.3, 0.4) is 0 Å². The van der Waals surface area contributed by atoms with Crippen molar-refractivity contribution in [1.29, 1.82) is 0 Å². The summed E-state index contributed by atoms with van der Waals surface area (Å²) in [5, 5.41) is 0.648. The van der Waals surface area contributed by atoms with E-state index in [1.807, 2.05) is 12.1 Å². The normalized spacial score (nSPS) is 20.3. The van der Waals surface area contributed by atoms with Crippen LogP contribution in [0.4, 0.5) is 5.82 Å². The van der Waals surface area contributed by atoms with Crippen molar-refractivity contribution in [3.05, 3.63) is 22.8 Å². The van der Waals surface area contributed by atoms with E-state index in [0.717, 1.165) is 24.0 Å². The first-order valence-corrected chi connectivity index (χ1v) is 6.73. The zero-order valence-corrected chi connectivity index (χ0v) is 11.8. The number of nitrogens with two attached hydrogens (primary N) is 1. The standard InChI is InChI=1S/C13H21ClN4/c1-17-6-5-10(8-17)9-18(2)13-4-3-11(14)12(7-15)16-13/h3-4,10H,5-9,15H2,1-2H3. The van der Waals surface area contributed by atoms with Crippen LogP contribution < -0.4 is 10.6 Å². The molecule has 100 valence electrons. The van der Waals surface area contributed by atoms with Crippen LogP contribution in [0.1, 0.15) is 12.1 Å². The van der Waals surface area contributed by atoms with Gasteiger partial charge in [-0.2, -0.15) is 0 Å². The second-order valence-electron chi connectivity index (χ2n) is 5.10. The molecule has 2 N–H and O–H groups in total. The molecule has 0 aliphatic carbocycles. The monoisotopic (exact) mass is 268 g/mol. The van der Waals surface area contributed by atoms with E-state index in [4.69, 9.17) is 17.3 Å². The van der Waals surface area contributed by atoms with Crippen molar-refractivity contribution >= 4 is 17.4 Å². The summed E-state index contributed by atoms with van der Waals surface area (Å²) in [5.74, 6) is 1.67. The van der Waals surface area contributed by atoms with Crippen molar-refractivity contribution in [3.63, 3.8) is 0 Å². The molecule has 1 atom stereocenters. The predicted molar refractivity (Wildman–Crippen MR) is 76.0 cm³/mol. The van der Waals surface area contributed by atoms with Crippen LogP contribution in [-0.4, -0.2) is 43.6 Å². The average molecular weight is 269 g/mol. The summed E-state index contributed by atoms with van der Waals surface area (Å²) in [6.45, 7) is 3.78. The van der Waals surface area contributed by atoms with Crippen molar-refractivity contribution < 1.29 is 0 Å². The molecule has 5 heteroatoms. The average Bonchev–Trinajstić information content (AvgIpc) is 2.75. The van der Waals surface area contributed by atoms with Crippen molar-refractivity contribution in [2.45, 2.75) is 13.0 Å². The lowest BCUT2D eigenvalue weighted by Crippen LogP contribution is -2.28. The Bertz CT molecular complexity index is 410. The van der Waals surface area contributed by atoms with Gasteiger partial charge in [0.05, 0.1) is 10.7 Å². The first-order valence-electron chi connectivity index (χ1n) is 6.35. The van der Waals surface area contributed by atoms with Gasteiger partial charge in [0.15, 0.2) is 0 Å². The Kier molecular flexibility index (Phi) is 4.43. The molecule has 0 saturated carbocycles. The second-order valence-corrected chi connectivity index (χ2v) is 5.51. The number of aromatic nitrogens is 1. The zero-order valence-electron chi connectivity index (χ0n) is 11.1. The van der Waals surface area contributed by atoms with E-state index in [9.17, 15) is 0 Å². The molecule has 1 aliphatic heterocycles. The Balaban J connectivity index is 2.02. The molecular weight excluding hydrogens is 248 g/mol. The first-order chi connectivity index (χ1) is 8.60. The van der Waals surface area contributed by atoms with Crippen LogP contribution in [0, 0.1) is 5.92 Å². The summed E-state index contributed by atoms with van der Waals surface area (Å²) in [4.78, 5) is 9.08. The molecule has 1 aliphatic rings. The maximum Gasteiger partial charge on any atom is 0.128 e. The van der Waals surface area contributed by atoms with Gasteiger partial charge in [0, 0.05) is 26.7 Å². The number of hydrogen-bond acceptors (Lipinski definition) is 4. The fraction of sp³-hybridized carbons (Fsp3) is 0.615. The van der Waals surface area contributed by atoms with Gasteiger partial charge in [-0.3, -0.25) is 0 Å². The summed E-state index contributed by atoms with van der Waals surface area (Å²) in [6.07, 6.45) is 1.26. The highest BCUT2D eigenvalue weighted by molar-refractivity contribution is 6.31. The SMILES string of the molecule is CN1CCC(CN(C)c2ccc(Cl)c(CN)n2)C1. The second kappa shape index (κ2) is 5.87. The molecule has 1 unspecified atom stereocenters. The van der Waals surface area contributed by atoms with Crippen molar-refractivity contribution in [3.8, 4) is 0 Å². The minimum Gasteiger partial charge on any atom is -0.359 e. The Hall–Kier alpha value is -0.840.